The van der Waals surface area contributed by atoms with Crippen LogP contribution in [0.4, 0.5) is 0 Å². The van der Waals surface area contributed by atoms with Crippen LogP contribution in [0.15, 0.2) is 30.3 Å². The number of benzene rings is 1. The lowest BCUT2D eigenvalue weighted by atomic mass is 10.0. The number of fused-ring (bicyclic) bond motifs is 1. The molecule has 2 aromatic rings. The van der Waals surface area contributed by atoms with Gasteiger partial charge in [0, 0.05) is 37.7 Å². The molecule has 0 atom stereocenters. The molecule has 6 heteroatoms. The third-order valence-electron chi connectivity index (χ3n) is 4.24. The Bertz CT molecular complexity index is 766. The minimum Gasteiger partial charge on any atom is -0.267 e. The topological polar surface area (TPSA) is 55.2 Å². The summed E-state index contributed by atoms with van der Waals surface area (Å²) in [7, 11) is -1.17. The number of aromatic nitrogens is 2. The van der Waals surface area contributed by atoms with Gasteiger partial charge in [-0.2, -0.15) is 5.10 Å². The Kier molecular flexibility index (Phi) is 4.06. The zero-order valence-corrected chi connectivity index (χ0v) is 13.8. The molecule has 3 rings (SSSR count). The third-order valence-corrected chi connectivity index (χ3v) is 6.12. The molecule has 0 bridgehead atoms. The molecule has 0 amide bonds. The molecule has 0 aliphatic carbocycles. The molecule has 0 saturated carbocycles. The van der Waals surface area contributed by atoms with Crippen LogP contribution in [0, 0.1) is 0 Å². The van der Waals surface area contributed by atoms with Gasteiger partial charge in [0.05, 0.1) is 17.1 Å². The van der Waals surface area contributed by atoms with Crippen LogP contribution in [0.2, 0.25) is 0 Å². The largest absolute Gasteiger partial charge is 0.267 e. The fourth-order valence-corrected chi connectivity index (χ4v) is 4.19. The van der Waals surface area contributed by atoms with Crippen LogP contribution in [0.5, 0.6) is 0 Å². The summed E-state index contributed by atoms with van der Waals surface area (Å²) in [6.45, 7) is 2.75. The Morgan fingerprint density at radius 2 is 1.82 bits per heavy atom. The lowest BCUT2D eigenvalue weighted by Gasteiger charge is -2.18. The van der Waals surface area contributed by atoms with Gasteiger partial charge in [0.2, 0.25) is 10.0 Å². The second-order valence-corrected chi connectivity index (χ2v) is 7.82. The van der Waals surface area contributed by atoms with Gasteiger partial charge in [-0.1, -0.05) is 30.3 Å². The van der Waals surface area contributed by atoms with E-state index in [4.69, 9.17) is 0 Å². The van der Waals surface area contributed by atoms with E-state index in [-0.39, 0.29) is 5.75 Å². The highest BCUT2D eigenvalue weighted by Gasteiger charge is 2.27. The van der Waals surface area contributed by atoms with E-state index in [0.29, 0.717) is 25.9 Å². The first-order chi connectivity index (χ1) is 10.5. The van der Waals surface area contributed by atoms with Crippen LogP contribution >= 0.6 is 0 Å². The highest BCUT2D eigenvalue weighted by Crippen LogP contribution is 2.28. The van der Waals surface area contributed by atoms with Gasteiger partial charge in [-0.25, -0.2) is 12.7 Å². The minimum absolute atomic E-state index is 0.157. The zero-order chi connectivity index (χ0) is 15.7. The van der Waals surface area contributed by atoms with E-state index in [1.54, 1.807) is 11.2 Å². The van der Waals surface area contributed by atoms with Gasteiger partial charge in [0.15, 0.2) is 0 Å². The van der Waals surface area contributed by atoms with E-state index in [9.17, 15) is 8.42 Å². The Hall–Kier alpha value is -1.66. The zero-order valence-electron chi connectivity index (χ0n) is 13.0. The van der Waals surface area contributed by atoms with Crippen molar-refractivity contribution in [1.29, 1.82) is 0 Å². The maximum absolute atomic E-state index is 12.1. The van der Waals surface area contributed by atoms with Crippen molar-refractivity contribution in [3.63, 3.8) is 0 Å². The van der Waals surface area contributed by atoms with Crippen molar-refractivity contribution in [2.45, 2.75) is 19.8 Å². The van der Waals surface area contributed by atoms with Crippen LogP contribution < -0.4 is 0 Å². The maximum atomic E-state index is 12.1. The van der Waals surface area contributed by atoms with Crippen molar-refractivity contribution in [2.24, 2.45) is 7.05 Å². The van der Waals surface area contributed by atoms with E-state index in [1.165, 1.54) is 5.56 Å². The van der Waals surface area contributed by atoms with E-state index in [2.05, 4.69) is 17.2 Å². The maximum Gasteiger partial charge on any atom is 0.213 e. The lowest BCUT2D eigenvalue weighted by molar-refractivity contribution is 0.425. The minimum atomic E-state index is -3.13. The fourth-order valence-electron chi connectivity index (χ4n) is 3.08. The summed E-state index contributed by atoms with van der Waals surface area (Å²) in [5, 5.41) is 4.63. The second-order valence-electron chi connectivity index (χ2n) is 5.56. The molecule has 22 heavy (non-hydrogen) atoms. The number of sulfonamides is 1. The van der Waals surface area contributed by atoms with E-state index >= 15 is 0 Å². The standard InChI is InChI=1S/C16H21N3O2S/c1-3-22(20,21)19-11-9-14-15(10-12-19)17-18(2)16(14)13-7-5-4-6-8-13/h4-8H,3,9-12H2,1-2H3. The van der Waals surface area contributed by atoms with Crippen LogP contribution in [0.3, 0.4) is 0 Å². The summed E-state index contributed by atoms with van der Waals surface area (Å²) in [6, 6.07) is 10.2. The molecular weight excluding hydrogens is 298 g/mol. The SMILES string of the molecule is CCS(=O)(=O)N1CCc2nn(C)c(-c3ccccc3)c2CC1. The number of hydrogen-bond donors (Lipinski definition) is 0. The summed E-state index contributed by atoms with van der Waals surface area (Å²) in [5.41, 5.74) is 4.44. The first-order valence-corrected chi connectivity index (χ1v) is 9.22. The summed E-state index contributed by atoms with van der Waals surface area (Å²) < 4.78 is 27.7. The predicted octanol–water partition coefficient (Wildman–Crippen LogP) is 1.84. The van der Waals surface area contributed by atoms with Crippen molar-refractivity contribution >= 4 is 10.0 Å². The Morgan fingerprint density at radius 3 is 2.50 bits per heavy atom. The summed E-state index contributed by atoms with van der Waals surface area (Å²) >= 11 is 0. The smallest absolute Gasteiger partial charge is 0.213 e. The van der Waals surface area contributed by atoms with Gasteiger partial charge < -0.3 is 0 Å². The monoisotopic (exact) mass is 319 g/mol. The van der Waals surface area contributed by atoms with Gasteiger partial charge in [-0.15, -0.1) is 0 Å². The van der Waals surface area contributed by atoms with Crippen LogP contribution in [0.25, 0.3) is 11.3 Å². The lowest BCUT2D eigenvalue weighted by Crippen LogP contribution is -2.34. The van der Waals surface area contributed by atoms with Gasteiger partial charge in [0.1, 0.15) is 0 Å². The fraction of sp³-hybridized carbons (Fsp3) is 0.438. The quantitative estimate of drug-likeness (QED) is 0.867. The van der Waals surface area contributed by atoms with Crippen molar-refractivity contribution in [1.82, 2.24) is 14.1 Å². The Labute approximate surface area is 131 Å². The molecule has 0 unspecified atom stereocenters. The van der Waals surface area contributed by atoms with Gasteiger partial charge in [-0.3, -0.25) is 4.68 Å². The number of nitrogens with zero attached hydrogens (tertiary/aromatic N) is 3. The van der Waals surface area contributed by atoms with E-state index in [1.807, 2.05) is 29.9 Å². The second kappa shape index (κ2) is 5.85. The highest BCUT2D eigenvalue weighted by atomic mass is 32.2. The number of rotatable bonds is 3. The van der Waals surface area contributed by atoms with Crippen molar-refractivity contribution < 1.29 is 8.42 Å². The molecule has 1 aliphatic heterocycles. The molecular formula is C16H21N3O2S. The summed E-state index contributed by atoms with van der Waals surface area (Å²) in [6.07, 6.45) is 1.39. The van der Waals surface area contributed by atoms with Crippen LogP contribution in [-0.2, 0) is 29.9 Å². The molecule has 0 N–H and O–H groups in total. The molecule has 0 saturated heterocycles. The molecule has 2 heterocycles. The van der Waals surface area contributed by atoms with Crippen molar-refractivity contribution in [3.8, 4) is 11.3 Å². The predicted molar refractivity (Wildman–Crippen MR) is 87.1 cm³/mol. The van der Waals surface area contributed by atoms with Crippen LogP contribution in [0.1, 0.15) is 18.2 Å². The van der Waals surface area contributed by atoms with Crippen molar-refractivity contribution in [2.75, 3.05) is 18.8 Å². The number of aryl methyl sites for hydroxylation is 1. The molecule has 1 aromatic carbocycles. The number of hydrogen-bond acceptors (Lipinski definition) is 3. The Morgan fingerprint density at radius 1 is 1.14 bits per heavy atom. The molecule has 0 spiro atoms. The van der Waals surface area contributed by atoms with Gasteiger partial charge in [0.25, 0.3) is 0 Å². The highest BCUT2D eigenvalue weighted by molar-refractivity contribution is 7.89. The average Bonchev–Trinajstić information content (AvgIpc) is 2.69. The van der Waals surface area contributed by atoms with Crippen LogP contribution in [-0.4, -0.2) is 41.3 Å². The molecule has 5 nitrogen and oxygen atoms in total. The summed E-state index contributed by atoms with van der Waals surface area (Å²) in [5.74, 6) is 0.157. The molecule has 1 aliphatic rings. The molecule has 0 radical (unpaired) electrons. The third kappa shape index (κ3) is 2.68. The van der Waals surface area contributed by atoms with E-state index in [0.717, 1.165) is 17.0 Å². The first kappa shape index (κ1) is 15.2. The van der Waals surface area contributed by atoms with Crippen molar-refractivity contribution in [3.05, 3.63) is 41.6 Å². The van der Waals surface area contributed by atoms with Gasteiger partial charge in [-0.05, 0) is 13.3 Å². The van der Waals surface area contributed by atoms with E-state index < -0.39 is 10.0 Å². The molecule has 118 valence electrons. The average molecular weight is 319 g/mol. The normalized spacial score (nSPS) is 16.3. The van der Waals surface area contributed by atoms with Gasteiger partial charge >= 0.3 is 0 Å². The summed E-state index contributed by atoms with van der Waals surface area (Å²) in [4.78, 5) is 0. The molecule has 0 fully saturated rings. The first-order valence-electron chi connectivity index (χ1n) is 7.61. The Balaban J connectivity index is 1.97. The molecule has 1 aromatic heterocycles.